The molecule has 2 aromatic carbocycles. The molecule has 3 aromatic rings. The summed E-state index contributed by atoms with van der Waals surface area (Å²) in [5.74, 6) is 1.06. The van der Waals surface area contributed by atoms with Crippen LogP contribution in [0.2, 0.25) is 0 Å². The van der Waals surface area contributed by atoms with Gasteiger partial charge in [-0.3, -0.25) is 0 Å². The van der Waals surface area contributed by atoms with Crippen molar-refractivity contribution in [3.63, 3.8) is 0 Å². The topological polar surface area (TPSA) is 64.6 Å². The number of aromatic nitrogens is 2. The molecule has 0 bridgehead atoms. The minimum absolute atomic E-state index is 0.208. The molecule has 0 aliphatic carbocycles. The highest BCUT2D eigenvalue weighted by Gasteiger charge is 2.27. The van der Waals surface area contributed by atoms with Crippen LogP contribution in [0.1, 0.15) is 61.2 Å². The largest absolute Gasteiger partial charge is 0.484 e. The van der Waals surface area contributed by atoms with Crippen molar-refractivity contribution in [2.45, 2.75) is 59.2 Å². The van der Waals surface area contributed by atoms with E-state index in [4.69, 9.17) is 14.5 Å². The molecular formula is C29H35N3O3. The maximum atomic E-state index is 13.1. The van der Waals surface area contributed by atoms with Crippen LogP contribution in [0.5, 0.6) is 5.75 Å². The number of hydrogen-bond acceptors (Lipinski definition) is 6. The van der Waals surface area contributed by atoms with E-state index in [0.29, 0.717) is 29.8 Å². The normalized spacial score (nSPS) is 14.6. The molecule has 1 aliphatic heterocycles. The molecule has 35 heavy (non-hydrogen) atoms. The Labute approximate surface area is 208 Å². The van der Waals surface area contributed by atoms with Gasteiger partial charge in [-0.15, -0.1) is 0 Å². The lowest BCUT2D eigenvalue weighted by molar-refractivity contribution is 0.00572. The summed E-state index contributed by atoms with van der Waals surface area (Å²) in [4.78, 5) is 24.9. The number of rotatable bonds is 7. The van der Waals surface area contributed by atoms with Crippen molar-refractivity contribution in [1.82, 2.24) is 9.97 Å². The first-order valence-electron chi connectivity index (χ1n) is 12.4. The second-order valence-electron chi connectivity index (χ2n) is 10.1. The molecule has 2 heterocycles. The fraction of sp³-hybridized carbons (Fsp3) is 0.414. The maximum absolute atomic E-state index is 13.1. The molecule has 6 nitrogen and oxygen atoms in total. The van der Waals surface area contributed by atoms with Gasteiger partial charge in [-0.2, -0.15) is 0 Å². The highest BCUT2D eigenvalue weighted by molar-refractivity contribution is 5.90. The zero-order chi connectivity index (χ0) is 24.8. The molecule has 1 aliphatic rings. The van der Waals surface area contributed by atoms with Gasteiger partial charge in [-0.05, 0) is 64.2 Å². The average molecular weight is 474 g/mol. The smallest absolute Gasteiger partial charge is 0.361 e. The van der Waals surface area contributed by atoms with Crippen molar-refractivity contribution in [2.24, 2.45) is 5.92 Å². The van der Waals surface area contributed by atoms with E-state index in [0.717, 1.165) is 37.9 Å². The Balaban J connectivity index is 1.50. The number of benzene rings is 2. The highest BCUT2D eigenvalue weighted by atomic mass is 16.6. The van der Waals surface area contributed by atoms with Gasteiger partial charge in [0.15, 0.2) is 11.4 Å². The van der Waals surface area contributed by atoms with Crippen LogP contribution in [-0.4, -0.2) is 34.6 Å². The van der Waals surface area contributed by atoms with Gasteiger partial charge in [0.25, 0.3) is 0 Å². The van der Waals surface area contributed by atoms with Crippen molar-refractivity contribution in [1.29, 1.82) is 0 Å². The fourth-order valence-electron chi connectivity index (χ4n) is 4.37. The van der Waals surface area contributed by atoms with Gasteiger partial charge in [0.05, 0.1) is 5.69 Å². The van der Waals surface area contributed by atoms with Gasteiger partial charge in [-0.25, -0.2) is 14.8 Å². The van der Waals surface area contributed by atoms with Crippen LogP contribution < -0.4 is 9.64 Å². The SMILES string of the molecule is Cc1nc(CC2CCN(c3ccccc3)CC2)nc(C(=O)OC(C)(C)C)c1OCc1ccccc1. The van der Waals surface area contributed by atoms with E-state index >= 15 is 0 Å². The molecule has 1 saturated heterocycles. The van der Waals surface area contributed by atoms with E-state index in [1.807, 2.05) is 64.1 Å². The van der Waals surface area contributed by atoms with Gasteiger partial charge in [-0.1, -0.05) is 48.5 Å². The third kappa shape index (κ3) is 6.81. The van der Waals surface area contributed by atoms with E-state index in [1.54, 1.807) is 0 Å². The van der Waals surface area contributed by atoms with Crippen molar-refractivity contribution >= 4 is 11.7 Å². The number of anilines is 1. The molecule has 0 amide bonds. The van der Waals surface area contributed by atoms with Crippen LogP contribution in [0.4, 0.5) is 5.69 Å². The summed E-state index contributed by atoms with van der Waals surface area (Å²) in [7, 11) is 0. The quantitative estimate of drug-likeness (QED) is 0.406. The number of aryl methyl sites for hydroxylation is 1. The van der Waals surface area contributed by atoms with Gasteiger partial charge < -0.3 is 14.4 Å². The number of carbonyl (C=O) groups excluding carboxylic acids is 1. The van der Waals surface area contributed by atoms with Crippen LogP contribution in [0.15, 0.2) is 60.7 Å². The lowest BCUT2D eigenvalue weighted by Gasteiger charge is -2.33. The van der Waals surface area contributed by atoms with E-state index in [2.05, 4.69) is 34.1 Å². The summed E-state index contributed by atoms with van der Waals surface area (Å²) in [5.41, 5.74) is 2.52. The van der Waals surface area contributed by atoms with Gasteiger partial charge in [0, 0.05) is 25.2 Å². The minimum Gasteiger partial charge on any atom is -0.484 e. The number of ether oxygens (including phenoxy) is 2. The molecule has 0 saturated carbocycles. The van der Waals surface area contributed by atoms with E-state index in [1.165, 1.54) is 5.69 Å². The second-order valence-corrected chi connectivity index (χ2v) is 10.1. The molecule has 0 N–H and O–H groups in total. The molecule has 0 unspecified atom stereocenters. The molecular weight excluding hydrogens is 438 g/mol. The van der Waals surface area contributed by atoms with Crippen LogP contribution in [0, 0.1) is 12.8 Å². The highest BCUT2D eigenvalue weighted by Crippen LogP contribution is 2.28. The van der Waals surface area contributed by atoms with Crippen LogP contribution in [0.3, 0.4) is 0 Å². The molecule has 4 rings (SSSR count). The first-order chi connectivity index (χ1) is 16.8. The lowest BCUT2D eigenvalue weighted by atomic mass is 9.93. The molecule has 1 fully saturated rings. The maximum Gasteiger partial charge on any atom is 0.361 e. The summed E-state index contributed by atoms with van der Waals surface area (Å²) >= 11 is 0. The van der Waals surface area contributed by atoms with E-state index in [9.17, 15) is 4.79 Å². The Morgan fingerprint density at radius 2 is 1.60 bits per heavy atom. The van der Waals surface area contributed by atoms with Gasteiger partial charge in [0.1, 0.15) is 18.0 Å². The average Bonchev–Trinajstić information content (AvgIpc) is 2.84. The Bertz CT molecular complexity index is 1120. The first kappa shape index (κ1) is 24.7. The van der Waals surface area contributed by atoms with Crippen molar-refractivity contribution in [2.75, 3.05) is 18.0 Å². The van der Waals surface area contributed by atoms with E-state index in [-0.39, 0.29) is 5.69 Å². The Morgan fingerprint density at radius 3 is 2.23 bits per heavy atom. The Hall–Kier alpha value is -3.41. The summed E-state index contributed by atoms with van der Waals surface area (Å²) in [5, 5.41) is 0. The van der Waals surface area contributed by atoms with Crippen LogP contribution >= 0.6 is 0 Å². The lowest BCUT2D eigenvalue weighted by Crippen LogP contribution is -2.34. The van der Waals surface area contributed by atoms with Gasteiger partial charge >= 0.3 is 5.97 Å². The molecule has 0 radical (unpaired) electrons. The van der Waals surface area contributed by atoms with Crippen LogP contribution in [-0.2, 0) is 17.8 Å². The molecule has 0 spiro atoms. The summed E-state index contributed by atoms with van der Waals surface area (Å²) < 4.78 is 11.7. The summed E-state index contributed by atoms with van der Waals surface area (Å²) in [6.07, 6.45) is 2.86. The Morgan fingerprint density at radius 1 is 0.971 bits per heavy atom. The second kappa shape index (κ2) is 10.9. The number of para-hydroxylation sites is 1. The number of carbonyl (C=O) groups is 1. The molecule has 6 heteroatoms. The third-order valence-corrected chi connectivity index (χ3v) is 6.11. The van der Waals surface area contributed by atoms with Crippen molar-refractivity contribution < 1.29 is 14.3 Å². The molecule has 1 aromatic heterocycles. The van der Waals surface area contributed by atoms with Gasteiger partial charge in [0.2, 0.25) is 0 Å². The zero-order valence-electron chi connectivity index (χ0n) is 21.2. The number of hydrogen-bond donors (Lipinski definition) is 0. The Kier molecular flexibility index (Phi) is 7.69. The molecule has 184 valence electrons. The number of piperidine rings is 1. The standard InChI is InChI=1S/C29H35N3O3/c1-21-27(34-20-23-11-7-5-8-12-23)26(28(33)35-29(2,3)4)31-25(30-21)19-22-15-17-32(18-16-22)24-13-9-6-10-14-24/h5-14,22H,15-20H2,1-4H3. The minimum atomic E-state index is -0.628. The number of nitrogens with zero attached hydrogens (tertiary/aromatic N) is 3. The van der Waals surface area contributed by atoms with E-state index < -0.39 is 11.6 Å². The zero-order valence-corrected chi connectivity index (χ0v) is 21.2. The summed E-state index contributed by atoms with van der Waals surface area (Å²) in [6, 6.07) is 20.4. The monoisotopic (exact) mass is 473 g/mol. The predicted octanol–water partition coefficient (Wildman–Crippen LogP) is 5.78. The first-order valence-corrected chi connectivity index (χ1v) is 12.4. The number of esters is 1. The van der Waals surface area contributed by atoms with Crippen molar-refractivity contribution in [3.8, 4) is 5.75 Å². The van der Waals surface area contributed by atoms with Crippen molar-refractivity contribution in [3.05, 3.63) is 83.4 Å². The summed E-state index contributed by atoms with van der Waals surface area (Å²) in [6.45, 7) is 9.77. The third-order valence-electron chi connectivity index (χ3n) is 6.11. The molecule has 0 atom stereocenters. The fourth-order valence-corrected chi connectivity index (χ4v) is 4.37. The van der Waals surface area contributed by atoms with Crippen LogP contribution in [0.25, 0.3) is 0 Å². The predicted molar refractivity (Wildman–Crippen MR) is 138 cm³/mol.